The summed E-state index contributed by atoms with van der Waals surface area (Å²) in [6, 6.07) is 6.29. The molecule has 1 aliphatic rings. The number of alkyl halides is 1. The Balaban J connectivity index is 2.01. The molecule has 1 fully saturated rings. The summed E-state index contributed by atoms with van der Waals surface area (Å²) < 4.78 is 39.6. The first kappa shape index (κ1) is 17.2. The number of ether oxygens (including phenoxy) is 2. The van der Waals surface area contributed by atoms with Gasteiger partial charge in [0, 0.05) is 13.3 Å². The molecule has 22 heavy (non-hydrogen) atoms. The van der Waals surface area contributed by atoms with Crippen LogP contribution in [0.2, 0.25) is 0 Å². The van der Waals surface area contributed by atoms with Crippen LogP contribution in [-0.2, 0) is 28.6 Å². The summed E-state index contributed by atoms with van der Waals surface area (Å²) in [5.41, 5.74) is 0.304. The average molecular weight is 349 g/mol. The molecule has 8 heteroatoms. The first-order valence-electron chi connectivity index (χ1n) is 6.71. The molecule has 0 aliphatic carbocycles. The average Bonchev–Trinajstić information content (AvgIpc) is 2.76. The molecule has 1 unspecified atom stereocenters. The maximum absolute atomic E-state index is 12.1. The van der Waals surface area contributed by atoms with Crippen molar-refractivity contribution in [2.24, 2.45) is 0 Å². The Morgan fingerprint density at radius 2 is 2.00 bits per heavy atom. The van der Waals surface area contributed by atoms with Crippen LogP contribution in [0.3, 0.4) is 0 Å². The predicted molar refractivity (Wildman–Crippen MR) is 79.0 cm³/mol. The SMILES string of the molecule is CC(=O)O[C@H]1CC(Cl)O[C@@H]1COS(=O)(=O)c1ccc(C)cc1. The van der Waals surface area contributed by atoms with Crippen LogP contribution in [0.25, 0.3) is 0 Å². The van der Waals surface area contributed by atoms with Gasteiger partial charge in [0.2, 0.25) is 0 Å². The number of benzene rings is 1. The second-order valence-electron chi connectivity index (χ2n) is 5.02. The third-order valence-corrected chi connectivity index (χ3v) is 4.75. The third kappa shape index (κ3) is 4.42. The Hall–Kier alpha value is -1.15. The fourth-order valence-corrected chi connectivity index (χ4v) is 3.31. The molecule has 0 radical (unpaired) electrons. The van der Waals surface area contributed by atoms with Gasteiger partial charge in [0.15, 0.2) is 0 Å². The van der Waals surface area contributed by atoms with Crippen LogP contribution in [0.1, 0.15) is 18.9 Å². The Kier molecular flexibility index (Phi) is 5.44. The van der Waals surface area contributed by atoms with Crippen molar-refractivity contribution >= 4 is 27.7 Å². The molecular weight excluding hydrogens is 332 g/mol. The maximum Gasteiger partial charge on any atom is 0.302 e. The van der Waals surface area contributed by atoms with Crippen LogP contribution in [0.5, 0.6) is 0 Å². The van der Waals surface area contributed by atoms with Gasteiger partial charge >= 0.3 is 5.97 Å². The molecular formula is C14H17ClO6S. The van der Waals surface area contributed by atoms with Crippen molar-refractivity contribution in [1.29, 1.82) is 0 Å². The summed E-state index contributed by atoms with van der Waals surface area (Å²) in [4.78, 5) is 11.1. The largest absolute Gasteiger partial charge is 0.460 e. The Morgan fingerprint density at radius 1 is 1.36 bits per heavy atom. The minimum absolute atomic E-state index is 0.0579. The van der Waals surface area contributed by atoms with Gasteiger partial charge in [-0.3, -0.25) is 8.98 Å². The number of hydrogen-bond donors (Lipinski definition) is 0. The minimum atomic E-state index is -3.90. The lowest BCUT2D eigenvalue weighted by molar-refractivity contribution is -0.149. The van der Waals surface area contributed by atoms with Crippen LogP contribution in [-0.4, -0.2) is 38.8 Å². The monoisotopic (exact) mass is 348 g/mol. The molecule has 1 aromatic rings. The normalized spacial score (nSPS) is 25.1. The highest BCUT2D eigenvalue weighted by Gasteiger charge is 2.37. The number of carbonyl (C=O) groups excluding carboxylic acids is 1. The molecule has 0 bridgehead atoms. The van der Waals surface area contributed by atoms with Gasteiger partial charge in [-0.2, -0.15) is 8.42 Å². The van der Waals surface area contributed by atoms with Crippen molar-refractivity contribution in [3.63, 3.8) is 0 Å². The number of aryl methyl sites for hydroxylation is 1. The summed E-state index contributed by atoms with van der Waals surface area (Å²) in [5, 5.41) is 0. The minimum Gasteiger partial charge on any atom is -0.460 e. The molecule has 0 amide bonds. The van der Waals surface area contributed by atoms with E-state index in [2.05, 4.69) is 0 Å². The lowest BCUT2D eigenvalue weighted by Crippen LogP contribution is -2.31. The molecule has 0 saturated carbocycles. The predicted octanol–water partition coefficient (Wildman–Crippen LogP) is 1.99. The molecule has 2 rings (SSSR count). The molecule has 0 aromatic heterocycles. The molecule has 1 saturated heterocycles. The van der Waals surface area contributed by atoms with E-state index in [9.17, 15) is 13.2 Å². The second-order valence-corrected chi connectivity index (χ2v) is 7.12. The standard InChI is InChI=1S/C14H17ClO6S/c1-9-3-5-11(6-4-9)22(17,18)19-8-13-12(20-10(2)16)7-14(15)21-13/h3-6,12-14H,7-8H2,1-2H3/t12-,13+,14?/m0/s1. The van der Waals surface area contributed by atoms with E-state index in [-0.39, 0.29) is 11.5 Å². The van der Waals surface area contributed by atoms with Crippen molar-refractivity contribution < 1.29 is 26.9 Å². The van der Waals surface area contributed by atoms with Gasteiger partial charge in [-0.1, -0.05) is 29.3 Å². The van der Waals surface area contributed by atoms with E-state index < -0.39 is 33.9 Å². The topological polar surface area (TPSA) is 78.9 Å². The van der Waals surface area contributed by atoms with E-state index in [1.807, 2.05) is 6.92 Å². The van der Waals surface area contributed by atoms with E-state index in [1.165, 1.54) is 19.1 Å². The van der Waals surface area contributed by atoms with Gasteiger partial charge in [-0.05, 0) is 19.1 Å². The number of hydrogen-bond acceptors (Lipinski definition) is 6. The highest BCUT2D eigenvalue weighted by molar-refractivity contribution is 7.86. The van der Waals surface area contributed by atoms with Gasteiger partial charge in [0.1, 0.15) is 17.8 Å². The highest BCUT2D eigenvalue weighted by atomic mass is 35.5. The van der Waals surface area contributed by atoms with Crippen molar-refractivity contribution in [2.45, 2.75) is 42.9 Å². The van der Waals surface area contributed by atoms with E-state index in [0.29, 0.717) is 6.42 Å². The van der Waals surface area contributed by atoms with Crippen LogP contribution in [0, 0.1) is 6.92 Å². The molecule has 1 aromatic carbocycles. The van der Waals surface area contributed by atoms with Crippen molar-refractivity contribution in [2.75, 3.05) is 6.61 Å². The van der Waals surface area contributed by atoms with Crippen molar-refractivity contribution in [3.8, 4) is 0 Å². The number of rotatable bonds is 5. The van der Waals surface area contributed by atoms with Gasteiger partial charge in [-0.25, -0.2) is 0 Å². The van der Waals surface area contributed by atoms with Gasteiger partial charge in [0.05, 0.1) is 11.5 Å². The van der Waals surface area contributed by atoms with E-state index >= 15 is 0 Å². The molecule has 1 heterocycles. The zero-order valence-electron chi connectivity index (χ0n) is 12.2. The third-order valence-electron chi connectivity index (χ3n) is 3.17. The lowest BCUT2D eigenvalue weighted by Gasteiger charge is -2.17. The molecule has 6 nitrogen and oxygen atoms in total. The first-order chi connectivity index (χ1) is 10.3. The summed E-state index contributed by atoms with van der Waals surface area (Å²) in [5.74, 6) is -0.481. The smallest absolute Gasteiger partial charge is 0.302 e. The summed E-state index contributed by atoms with van der Waals surface area (Å²) in [6.07, 6.45) is -1.04. The second kappa shape index (κ2) is 6.95. The number of esters is 1. The molecule has 122 valence electrons. The Bertz CT molecular complexity index is 627. The van der Waals surface area contributed by atoms with Gasteiger partial charge in [-0.15, -0.1) is 0 Å². The highest BCUT2D eigenvalue weighted by Crippen LogP contribution is 2.27. The summed E-state index contributed by atoms with van der Waals surface area (Å²) >= 11 is 5.85. The van der Waals surface area contributed by atoms with E-state index in [0.717, 1.165) is 5.56 Å². The molecule has 0 N–H and O–H groups in total. The zero-order valence-corrected chi connectivity index (χ0v) is 13.8. The van der Waals surface area contributed by atoms with Crippen molar-refractivity contribution in [1.82, 2.24) is 0 Å². The van der Waals surface area contributed by atoms with E-state index in [4.69, 9.17) is 25.3 Å². The van der Waals surface area contributed by atoms with Crippen LogP contribution in [0.4, 0.5) is 0 Å². The molecule has 3 atom stereocenters. The first-order valence-corrected chi connectivity index (χ1v) is 8.55. The van der Waals surface area contributed by atoms with Crippen LogP contribution < -0.4 is 0 Å². The number of carbonyl (C=O) groups is 1. The summed E-state index contributed by atoms with van der Waals surface area (Å²) in [7, 11) is -3.90. The van der Waals surface area contributed by atoms with Crippen LogP contribution >= 0.6 is 11.6 Å². The molecule has 1 aliphatic heterocycles. The molecule has 0 spiro atoms. The van der Waals surface area contributed by atoms with Gasteiger partial charge in [0.25, 0.3) is 10.1 Å². The van der Waals surface area contributed by atoms with E-state index in [1.54, 1.807) is 12.1 Å². The fourth-order valence-electron chi connectivity index (χ4n) is 2.08. The van der Waals surface area contributed by atoms with Crippen LogP contribution in [0.15, 0.2) is 29.2 Å². The Labute approximate surface area is 134 Å². The maximum atomic E-state index is 12.1. The summed E-state index contributed by atoms with van der Waals surface area (Å²) in [6.45, 7) is 2.85. The zero-order chi connectivity index (χ0) is 16.3. The van der Waals surface area contributed by atoms with Gasteiger partial charge < -0.3 is 9.47 Å². The number of halogens is 1. The fraction of sp³-hybridized carbons (Fsp3) is 0.500. The lowest BCUT2D eigenvalue weighted by atomic mass is 10.2. The quantitative estimate of drug-likeness (QED) is 0.460. The Morgan fingerprint density at radius 3 is 2.59 bits per heavy atom. The van der Waals surface area contributed by atoms with Crippen molar-refractivity contribution in [3.05, 3.63) is 29.8 Å².